The second-order valence-electron chi connectivity index (χ2n) is 8.70. The van der Waals surface area contributed by atoms with E-state index in [1.165, 1.54) is 23.6 Å². The molecule has 0 fully saturated rings. The number of hydrazone groups is 1. The standard InChI is InChI=1S/C31H25N3O7S/c1-2-38-27-17-21(11-13-25(27)41-31(37)28-9-6-14-42-28)18-32-34-30(36)23(33-29(35)22-7-4-3-5-8-22)15-20-10-12-24-26(16-20)40-19-39-24/h3-18H,2,19H2,1H3,(H,33,35)(H,34,36)/b23-15+,32-18-. The van der Waals surface area contributed by atoms with Gasteiger partial charge in [-0.3, -0.25) is 9.59 Å². The predicted octanol–water partition coefficient (Wildman–Crippen LogP) is 5.02. The molecule has 0 bridgehead atoms. The minimum absolute atomic E-state index is 0.0364. The van der Waals surface area contributed by atoms with Gasteiger partial charge in [-0.05, 0) is 78.0 Å². The van der Waals surface area contributed by atoms with Gasteiger partial charge in [0.1, 0.15) is 10.6 Å². The average molecular weight is 584 g/mol. The van der Waals surface area contributed by atoms with Gasteiger partial charge >= 0.3 is 5.97 Å². The van der Waals surface area contributed by atoms with Crippen LogP contribution in [0.15, 0.2) is 95.0 Å². The third-order valence-corrected chi connectivity index (χ3v) is 6.66. The Labute approximate surface area is 245 Å². The lowest BCUT2D eigenvalue weighted by Crippen LogP contribution is -2.32. The molecule has 2 amide bonds. The highest BCUT2D eigenvalue weighted by molar-refractivity contribution is 7.12. The maximum absolute atomic E-state index is 13.2. The lowest BCUT2D eigenvalue weighted by molar-refractivity contribution is -0.117. The summed E-state index contributed by atoms with van der Waals surface area (Å²) >= 11 is 1.28. The fourth-order valence-corrected chi connectivity index (χ4v) is 4.44. The zero-order valence-electron chi connectivity index (χ0n) is 22.4. The summed E-state index contributed by atoms with van der Waals surface area (Å²) in [5.41, 5.74) is 3.97. The molecule has 4 aromatic rings. The maximum Gasteiger partial charge on any atom is 0.353 e. The van der Waals surface area contributed by atoms with Crippen molar-refractivity contribution in [3.8, 4) is 23.0 Å². The quantitative estimate of drug-likeness (QED) is 0.0884. The van der Waals surface area contributed by atoms with Gasteiger partial charge in [0.2, 0.25) is 6.79 Å². The Kier molecular flexibility index (Phi) is 8.90. The number of benzene rings is 3. The van der Waals surface area contributed by atoms with Crippen molar-refractivity contribution >= 4 is 41.4 Å². The van der Waals surface area contributed by atoms with E-state index >= 15 is 0 Å². The largest absolute Gasteiger partial charge is 0.490 e. The topological polar surface area (TPSA) is 125 Å². The highest BCUT2D eigenvalue weighted by atomic mass is 32.1. The number of fused-ring (bicyclic) bond motifs is 1. The van der Waals surface area contributed by atoms with E-state index in [4.69, 9.17) is 18.9 Å². The summed E-state index contributed by atoms with van der Waals surface area (Å²) in [6.45, 7) is 2.26. The molecule has 1 aromatic heterocycles. The van der Waals surface area contributed by atoms with Crippen LogP contribution in [0.25, 0.3) is 6.08 Å². The van der Waals surface area contributed by atoms with Crippen molar-refractivity contribution < 1.29 is 33.3 Å². The molecule has 0 saturated heterocycles. The number of carbonyl (C=O) groups excluding carboxylic acids is 3. The molecule has 11 heteroatoms. The number of ether oxygens (including phenoxy) is 4. The number of amides is 2. The van der Waals surface area contributed by atoms with Crippen LogP contribution in [0.2, 0.25) is 0 Å². The average Bonchev–Trinajstić information content (AvgIpc) is 3.71. The van der Waals surface area contributed by atoms with Crippen LogP contribution in [0.5, 0.6) is 23.0 Å². The van der Waals surface area contributed by atoms with Gasteiger partial charge in [0.15, 0.2) is 23.0 Å². The number of esters is 1. The van der Waals surface area contributed by atoms with Gasteiger partial charge in [0, 0.05) is 5.56 Å². The fourth-order valence-electron chi connectivity index (χ4n) is 3.84. The van der Waals surface area contributed by atoms with Crippen LogP contribution in [0, 0.1) is 0 Å². The van der Waals surface area contributed by atoms with Crippen molar-refractivity contribution in [1.82, 2.24) is 10.7 Å². The Morgan fingerprint density at radius 3 is 2.52 bits per heavy atom. The van der Waals surface area contributed by atoms with Gasteiger partial charge in [-0.25, -0.2) is 10.2 Å². The van der Waals surface area contributed by atoms with Crippen LogP contribution >= 0.6 is 11.3 Å². The molecule has 0 unspecified atom stereocenters. The summed E-state index contributed by atoms with van der Waals surface area (Å²) in [6, 6.07) is 22.0. The van der Waals surface area contributed by atoms with Gasteiger partial charge in [-0.15, -0.1) is 11.3 Å². The number of hydrogen-bond acceptors (Lipinski definition) is 9. The minimum atomic E-state index is -0.653. The van der Waals surface area contributed by atoms with Gasteiger partial charge in [-0.1, -0.05) is 30.3 Å². The highest BCUT2D eigenvalue weighted by Crippen LogP contribution is 2.33. The highest BCUT2D eigenvalue weighted by Gasteiger charge is 2.17. The molecule has 0 radical (unpaired) electrons. The van der Waals surface area contributed by atoms with Crippen LogP contribution in [-0.4, -0.2) is 37.4 Å². The molecule has 5 rings (SSSR count). The van der Waals surface area contributed by atoms with E-state index in [0.717, 1.165) is 0 Å². The summed E-state index contributed by atoms with van der Waals surface area (Å²) in [4.78, 5) is 38.9. The molecule has 212 valence electrons. The summed E-state index contributed by atoms with van der Waals surface area (Å²) in [7, 11) is 0. The number of nitrogens with one attached hydrogen (secondary N) is 2. The van der Waals surface area contributed by atoms with Crippen molar-refractivity contribution in [2.75, 3.05) is 13.4 Å². The van der Waals surface area contributed by atoms with E-state index < -0.39 is 17.8 Å². The SMILES string of the molecule is CCOc1cc(/C=N\NC(=O)/C(=C\c2ccc3c(c2)OCO3)NC(=O)c2ccccc2)ccc1OC(=O)c1cccs1. The lowest BCUT2D eigenvalue weighted by Gasteiger charge is -2.11. The Morgan fingerprint density at radius 2 is 1.74 bits per heavy atom. The van der Waals surface area contributed by atoms with Gasteiger partial charge < -0.3 is 24.3 Å². The summed E-state index contributed by atoms with van der Waals surface area (Å²) < 4.78 is 21.9. The van der Waals surface area contributed by atoms with Gasteiger partial charge in [0.05, 0.1) is 12.8 Å². The molecule has 42 heavy (non-hydrogen) atoms. The van der Waals surface area contributed by atoms with E-state index in [1.54, 1.807) is 84.2 Å². The number of hydrogen-bond donors (Lipinski definition) is 2. The van der Waals surface area contributed by atoms with Crippen LogP contribution in [0.4, 0.5) is 0 Å². The first-order valence-corrected chi connectivity index (χ1v) is 13.7. The predicted molar refractivity (Wildman–Crippen MR) is 157 cm³/mol. The smallest absolute Gasteiger partial charge is 0.353 e. The van der Waals surface area contributed by atoms with Crippen molar-refractivity contribution in [3.05, 3.63) is 112 Å². The molecular formula is C31H25N3O7S. The summed E-state index contributed by atoms with van der Waals surface area (Å²) in [5, 5.41) is 8.50. The van der Waals surface area contributed by atoms with E-state index in [9.17, 15) is 14.4 Å². The summed E-state index contributed by atoms with van der Waals surface area (Å²) in [5.74, 6) is 0.125. The van der Waals surface area contributed by atoms with E-state index in [-0.39, 0.29) is 18.2 Å². The maximum atomic E-state index is 13.2. The Hall–Kier alpha value is -5.42. The first kappa shape index (κ1) is 28.1. The number of rotatable bonds is 10. The minimum Gasteiger partial charge on any atom is -0.490 e. The van der Waals surface area contributed by atoms with Crippen LogP contribution in [0.3, 0.4) is 0 Å². The van der Waals surface area contributed by atoms with Crippen LogP contribution in [-0.2, 0) is 4.79 Å². The first-order chi connectivity index (χ1) is 20.5. The number of nitrogens with zero attached hydrogens (tertiary/aromatic N) is 1. The number of thiophene rings is 1. The zero-order valence-corrected chi connectivity index (χ0v) is 23.2. The molecule has 1 aliphatic rings. The molecule has 3 aromatic carbocycles. The summed E-state index contributed by atoms with van der Waals surface area (Å²) in [6.07, 6.45) is 2.92. The lowest BCUT2D eigenvalue weighted by atomic mass is 10.1. The van der Waals surface area contributed by atoms with E-state index in [2.05, 4.69) is 15.8 Å². The molecular weight excluding hydrogens is 558 g/mol. The van der Waals surface area contributed by atoms with Crippen molar-refractivity contribution in [2.45, 2.75) is 6.92 Å². The molecule has 10 nitrogen and oxygen atoms in total. The van der Waals surface area contributed by atoms with Gasteiger partial charge in [0.25, 0.3) is 11.8 Å². The second-order valence-corrected chi connectivity index (χ2v) is 9.64. The molecule has 1 aliphatic heterocycles. The monoisotopic (exact) mass is 583 g/mol. The fraction of sp³-hybridized carbons (Fsp3) is 0.0968. The van der Waals surface area contributed by atoms with Gasteiger partial charge in [-0.2, -0.15) is 5.10 Å². The van der Waals surface area contributed by atoms with Crippen molar-refractivity contribution in [1.29, 1.82) is 0 Å². The molecule has 2 N–H and O–H groups in total. The molecule has 0 atom stereocenters. The van der Waals surface area contributed by atoms with Crippen molar-refractivity contribution in [2.24, 2.45) is 5.10 Å². The second kappa shape index (κ2) is 13.3. The Bertz CT molecular complexity index is 1650. The molecule has 2 heterocycles. The van der Waals surface area contributed by atoms with Crippen LogP contribution in [0.1, 0.15) is 38.1 Å². The first-order valence-electron chi connectivity index (χ1n) is 12.8. The number of carbonyl (C=O) groups is 3. The van der Waals surface area contributed by atoms with E-state index in [0.29, 0.717) is 45.4 Å². The van der Waals surface area contributed by atoms with Crippen molar-refractivity contribution in [3.63, 3.8) is 0 Å². The molecule has 0 saturated carbocycles. The third kappa shape index (κ3) is 7.01. The third-order valence-electron chi connectivity index (χ3n) is 5.81. The normalized spacial score (nSPS) is 12.2. The Morgan fingerprint density at radius 1 is 0.929 bits per heavy atom. The van der Waals surface area contributed by atoms with Crippen LogP contribution < -0.4 is 29.7 Å². The zero-order chi connectivity index (χ0) is 29.3. The Balaban J connectivity index is 1.32. The molecule has 0 spiro atoms. The van der Waals surface area contributed by atoms with E-state index in [1.807, 2.05) is 6.92 Å². The molecule has 0 aliphatic carbocycles.